The number of nitrogens with zero attached hydrogens (tertiary/aromatic N) is 3. The van der Waals surface area contributed by atoms with Gasteiger partial charge in [0, 0.05) is 25.7 Å². The molecule has 1 N–H and O–H groups in total. The Morgan fingerprint density at radius 2 is 2.15 bits per heavy atom. The van der Waals surface area contributed by atoms with Crippen molar-refractivity contribution in [2.45, 2.75) is 39.3 Å². The van der Waals surface area contributed by atoms with Crippen LogP contribution in [0.3, 0.4) is 0 Å². The standard InChI is InChI=1S/C17H21BrClN3O4/c1-9-8-21(16(24)26-17(2,3)4)5-6-22(9)15-20-12-13(23)11(19)7-10(18)14(12)25-15/h7,9,23H,5-6,8H2,1-4H3. The maximum atomic E-state index is 12.3. The second-order valence-electron chi connectivity index (χ2n) is 7.33. The number of benzene rings is 1. The number of piperazine rings is 1. The molecule has 0 saturated carbocycles. The van der Waals surface area contributed by atoms with Gasteiger partial charge in [0.1, 0.15) is 5.60 Å². The zero-order valence-corrected chi connectivity index (χ0v) is 17.4. The molecule has 3 rings (SSSR count). The zero-order valence-electron chi connectivity index (χ0n) is 15.0. The van der Waals surface area contributed by atoms with Crippen molar-refractivity contribution < 1.29 is 19.1 Å². The van der Waals surface area contributed by atoms with Crippen LogP contribution in [-0.2, 0) is 4.74 Å². The number of fused-ring (bicyclic) bond motifs is 1. The average molecular weight is 447 g/mol. The van der Waals surface area contributed by atoms with Crippen LogP contribution in [0.25, 0.3) is 11.1 Å². The highest BCUT2D eigenvalue weighted by molar-refractivity contribution is 9.10. The fraction of sp³-hybridized carbons (Fsp3) is 0.529. The molecule has 1 fully saturated rings. The van der Waals surface area contributed by atoms with Crippen LogP contribution < -0.4 is 4.90 Å². The second-order valence-corrected chi connectivity index (χ2v) is 8.59. The molecular formula is C17H21BrClN3O4. The fourth-order valence-corrected chi connectivity index (χ4v) is 3.67. The third-order valence-electron chi connectivity index (χ3n) is 4.06. The van der Waals surface area contributed by atoms with E-state index in [-0.39, 0.29) is 22.9 Å². The molecule has 1 aromatic carbocycles. The van der Waals surface area contributed by atoms with Gasteiger partial charge in [-0.25, -0.2) is 4.79 Å². The first-order valence-corrected chi connectivity index (χ1v) is 9.46. The van der Waals surface area contributed by atoms with E-state index in [0.717, 1.165) is 0 Å². The van der Waals surface area contributed by atoms with Crippen molar-refractivity contribution in [1.29, 1.82) is 0 Å². The Labute approximate surface area is 165 Å². The Hall–Kier alpha value is -1.67. The van der Waals surface area contributed by atoms with Crippen LogP contribution in [0.15, 0.2) is 15.0 Å². The molecule has 0 aliphatic carbocycles. The van der Waals surface area contributed by atoms with E-state index in [1.165, 1.54) is 0 Å². The number of anilines is 1. The Morgan fingerprint density at radius 3 is 2.77 bits per heavy atom. The number of oxazole rings is 1. The summed E-state index contributed by atoms with van der Waals surface area (Å²) in [5.74, 6) is -0.111. The van der Waals surface area contributed by atoms with Crippen molar-refractivity contribution in [2.75, 3.05) is 24.5 Å². The number of aromatic hydroxyl groups is 1. The van der Waals surface area contributed by atoms with Crippen LogP contribution in [0, 0.1) is 0 Å². The zero-order chi connectivity index (χ0) is 19.2. The van der Waals surface area contributed by atoms with Crippen molar-refractivity contribution >= 4 is 50.7 Å². The smallest absolute Gasteiger partial charge is 0.410 e. The number of amides is 1. The monoisotopic (exact) mass is 445 g/mol. The topological polar surface area (TPSA) is 79.0 Å². The molecule has 1 amide bonds. The normalized spacial score (nSPS) is 18.5. The molecule has 1 aromatic heterocycles. The maximum Gasteiger partial charge on any atom is 0.410 e. The van der Waals surface area contributed by atoms with Gasteiger partial charge in [-0.2, -0.15) is 4.98 Å². The summed E-state index contributed by atoms with van der Waals surface area (Å²) in [6, 6.07) is 1.92. The molecule has 0 bridgehead atoms. The van der Waals surface area contributed by atoms with E-state index in [4.69, 9.17) is 20.8 Å². The predicted molar refractivity (Wildman–Crippen MR) is 103 cm³/mol. The molecule has 2 heterocycles. The summed E-state index contributed by atoms with van der Waals surface area (Å²) in [7, 11) is 0. The minimum absolute atomic E-state index is 0.0271. The Morgan fingerprint density at radius 1 is 1.46 bits per heavy atom. The molecule has 0 radical (unpaired) electrons. The predicted octanol–water partition coefficient (Wildman–Crippen LogP) is 4.39. The quantitative estimate of drug-likeness (QED) is 0.700. The van der Waals surface area contributed by atoms with E-state index in [9.17, 15) is 9.90 Å². The molecule has 1 saturated heterocycles. The van der Waals surface area contributed by atoms with Crippen LogP contribution in [0.2, 0.25) is 5.02 Å². The molecular weight excluding hydrogens is 426 g/mol. The van der Waals surface area contributed by atoms with Crippen molar-refractivity contribution in [3.05, 3.63) is 15.6 Å². The summed E-state index contributed by atoms with van der Waals surface area (Å²) in [5, 5.41) is 10.3. The number of phenolic OH excluding ortho intramolecular Hbond substituents is 1. The number of carbonyl (C=O) groups excluding carboxylic acids is 1. The van der Waals surface area contributed by atoms with Crippen LogP contribution >= 0.6 is 27.5 Å². The SMILES string of the molecule is CC1CN(C(=O)OC(C)(C)C)CCN1c1nc2c(O)c(Cl)cc(Br)c2o1. The highest BCUT2D eigenvalue weighted by atomic mass is 79.9. The summed E-state index contributed by atoms with van der Waals surface area (Å²) in [6.07, 6.45) is -0.325. The molecule has 142 valence electrons. The lowest BCUT2D eigenvalue weighted by Gasteiger charge is -2.39. The van der Waals surface area contributed by atoms with E-state index < -0.39 is 5.60 Å². The maximum absolute atomic E-state index is 12.3. The van der Waals surface area contributed by atoms with Gasteiger partial charge in [-0.15, -0.1) is 0 Å². The number of phenols is 1. The molecule has 2 aromatic rings. The van der Waals surface area contributed by atoms with E-state index in [1.54, 1.807) is 11.0 Å². The number of rotatable bonds is 1. The lowest BCUT2D eigenvalue weighted by atomic mass is 10.2. The van der Waals surface area contributed by atoms with Gasteiger partial charge in [-0.1, -0.05) is 11.6 Å². The third kappa shape index (κ3) is 3.71. The summed E-state index contributed by atoms with van der Waals surface area (Å²) < 4.78 is 11.9. The highest BCUT2D eigenvalue weighted by Crippen LogP contribution is 2.39. The van der Waals surface area contributed by atoms with Crippen molar-refractivity contribution in [2.24, 2.45) is 0 Å². The number of hydrogen-bond donors (Lipinski definition) is 1. The van der Waals surface area contributed by atoms with Crippen molar-refractivity contribution in [1.82, 2.24) is 9.88 Å². The molecule has 9 heteroatoms. The van der Waals surface area contributed by atoms with Gasteiger partial charge in [0.25, 0.3) is 6.01 Å². The largest absolute Gasteiger partial charge is 0.504 e. The van der Waals surface area contributed by atoms with Gasteiger partial charge in [0.2, 0.25) is 0 Å². The molecule has 1 aliphatic heterocycles. The number of aromatic nitrogens is 1. The van der Waals surface area contributed by atoms with Crippen LogP contribution in [0.1, 0.15) is 27.7 Å². The van der Waals surface area contributed by atoms with Gasteiger partial charge in [-0.3, -0.25) is 0 Å². The van der Waals surface area contributed by atoms with E-state index >= 15 is 0 Å². The van der Waals surface area contributed by atoms with E-state index in [1.807, 2.05) is 32.6 Å². The summed E-state index contributed by atoms with van der Waals surface area (Å²) in [4.78, 5) is 20.3. The number of ether oxygens (including phenoxy) is 1. The van der Waals surface area contributed by atoms with Gasteiger partial charge < -0.3 is 24.1 Å². The molecule has 1 atom stereocenters. The van der Waals surface area contributed by atoms with Crippen LogP contribution in [-0.4, -0.2) is 52.4 Å². The lowest BCUT2D eigenvalue weighted by molar-refractivity contribution is 0.0216. The van der Waals surface area contributed by atoms with Gasteiger partial charge in [0.05, 0.1) is 9.50 Å². The highest BCUT2D eigenvalue weighted by Gasteiger charge is 2.32. The molecule has 1 unspecified atom stereocenters. The second kappa shape index (κ2) is 6.81. The van der Waals surface area contributed by atoms with Crippen molar-refractivity contribution in [3.63, 3.8) is 0 Å². The van der Waals surface area contributed by atoms with Gasteiger partial charge in [-0.05, 0) is 49.7 Å². The molecule has 0 spiro atoms. The first kappa shape index (κ1) is 19.1. The first-order chi connectivity index (χ1) is 12.1. The van der Waals surface area contributed by atoms with Crippen LogP contribution in [0.5, 0.6) is 5.75 Å². The Balaban J connectivity index is 1.80. The average Bonchev–Trinajstić information content (AvgIpc) is 2.96. The number of halogens is 2. The minimum atomic E-state index is -0.527. The first-order valence-electron chi connectivity index (χ1n) is 8.29. The summed E-state index contributed by atoms with van der Waals surface area (Å²) in [6.45, 7) is 9.04. The van der Waals surface area contributed by atoms with E-state index in [2.05, 4.69) is 20.9 Å². The molecule has 26 heavy (non-hydrogen) atoms. The van der Waals surface area contributed by atoms with E-state index in [0.29, 0.717) is 41.2 Å². The molecule has 7 nitrogen and oxygen atoms in total. The van der Waals surface area contributed by atoms with Crippen LogP contribution in [0.4, 0.5) is 10.8 Å². The minimum Gasteiger partial charge on any atom is -0.504 e. The van der Waals surface area contributed by atoms with Gasteiger partial charge in [0.15, 0.2) is 16.8 Å². The third-order valence-corrected chi connectivity index (χ3v) is 4.94. The molecule has 1 aliphatic rings. The van der Waals surface area contributed by atoms with Crippen molar-refractivity contribution in [3.8, 4) is 5.75 Å². The summed E-state index contributed by atoms with van der Waals surface area (Å²) in [5.41, 5.74) is 0.214. The Kier molecular flexibility index (Phi) is 5.00. The fourth-order valence-electron chi connectivity index (χ4n) is 2.85. The lowest BCUT2D eigenvalue weighted by Crippen LogP contribution is -2.54. The number of carbonyl (C=O) groups is 1. The van der Waals surface area contributed by atoms with Gasteiger partial charge >= 0.3 is 6.09 Å². The summed E-state index contributed by atoms with van der Waals surface area (Å²) >= 11 is 9.36. The Bertz CT molecular complexity index is 849. The number of hydrogen-bond acceptors (Lipinski definition) is 6.